The predicted molar refractivity (Wildman–Crippen MR) is 67.1 cm³/mol. The topological polar surface area (TPSA) is 52.0 Å². The maximum Gasteiger partial charge on any atom is 0.163 e. The smallest absolute Gasteiger partial charge is 0.163 e. The van der Waals surface area contributed by atoms with Crippen LogP contribution in [0.25, 0.3) is 0 Å². The minimum atomic E-state index is -0.218. The van der Waals surface area contributed by atoms with Gasteiger partial charge in [0.25, 0.3) is 0 Å². The van der Waals surface area contributed by atoms with Gasteiger partial charge in [-0.3, -0.25) is 0 Å². The molecule has 0 aliphatic carbocycles. The lowest BCUT2D eigenvalue weighted by Crippen LogP contribution is -2.34. The normalized spacial score (nSPS) is 19.5. The predicted octanol–water partition coefficient (Wildman–Crippen LogP) is 1.13. The standard InChI is InChI=1S/C13H15FN4O/c14-11-4-2-1-3-10(11)8-18-9-16-17-13(18)12-7-15-5-6-19-12/h1-4,9,12,15H,5-8H2. The molecule has 0 spiro atoms. The first kappa shape index (κ1) is 12.3. The van der Waals surface area contributed by atoms with Gasteiger partial charge in [-0.2, -0.15) is 0 Å². The van der Waals surface area contributed by atoms with Crippen LogP contribution in [0.4, 0.5) is 4.39 Å². The van der Waals surface area contributed by atoms with Gasteiger partial charge in [0.15, 0.2) is 5.82 Å². The molecule has 3 rings (SSSR count). The zero-order valence-corrected chi connectivity index (χ0v) is 10.4. The number of nitrogens with one attached hydrogen (secondary N) is 1. The minimum Gasteiger partial charge on any atom is -0.368 e. The molecule has 6 heteroatoms. The molecule has 0 radical (unpaired) electrons. The van der Waals surface area contributed by atoms with Crippen molar-refractivity contribution in [2.45, 2.75) is 12.6 Å². The molecule has 2 aromatic rings. The number of benzene rings is 1. The van der Waals surface area contributed by atoms with E-state index >= 15 is 0 Å². The van der Waals surface area contributed by atoms with Crippen LogP contribution in [0.3, 0.4) is 0 Å². The molecular formula is C13H15FN4O. The van der Waals surface area contributed by atoms with Crippen molar-refractivity contribution in [1.29, 1.82) is 0 Å². The van der Waals surface area contributed by atoms with Gasteiger partial charge in [0.2, 0.25) is 0 Å². The second-order valence-corrected chi connectivity index (χ2v) is 4.47. The highest BCUT2D eigenvalue weighted by Gasteiger charge is 2.21. The molecule has 5 nitrogen and oxygen atoms in total. The molecule has 1 atom stereocenters. The van der Waals surface area contributed by atoms with Crippen molar-refractivity contribution in [1.82, 2.24) is 20.1 Å². The SMILES string of the molecule is Fc1ccccc1Cn1cnnc1C1CNCCO1. The third kappa shape index (κ3) is 2.64. The number of morpholine rings is 1. The molecule has 0 saturated carbocycles. The van der Waals surface area contributed by atoms with Crippen LogP contribution >= 0.6 is 0 Å². The van der Waals surface area contributed by atoms with Gasteiger partial charge in [-0.25, -0.2) is 4.39 Å². The molecule has 1 fully saturated rings. The van der Waals surface area contributed by atoms with Crippen molar-refractivity contribution < 1.29 is 9.13 Å². The maximum absolute atomic E-state index is 13.7. The van der Waals surface area contributed by atoms with Gasteiger partial charge in [-0.15, -0.1) is 10.2 Å². The Balaban J connectivity index is 1.82. The van der Waals surface area contributed by atoms with E-state index in [0.717, 1.165) is 12.4 Å². The van der Waals surface area contributed by atoms with Crippen molar-refractivity contribution in [2.24, 2.45) is 0 Å². The van der Waals surface area contributed by atoms with Gasteiger partial charge in [-0.1, -0.05) is 18.2 Å². The first-order chi connectivity index (χ1) is 9.34. The Morgan fingerprint density at radius 3 is 3.11 bits per heavy atom. The molecule has 0 bridgehead atoms. The zero-order chi connectivity index (χ0) is 13.1. The van der Waals surface area contributed by atoms with Crippen molar-refractivity contribution in [3.63, 3.8) is 0 Å². The van der Waals surface area contributed by atoms with Gasteiger partial charge in [-0.05, 0) is 6.07 Å². The summed E-state index contributed by atoms with van der Waals surface area (Å²) < 4.78 is 21.1. The van der Waals surface area contributed by atoms with Crippen LogP contribution in [0, 0.1) is 5.82 Å². The van der Waals surface area contributed by atoms with Crippen LogP contribution in [0.2, 0.25) is 0 Å². The highest BCUT2D eigenvalue weighted by atomic mass is 19.1. The van der Waals surface area contributed by atoms with E-state index in [4.69, 9.17) is 4.74 Å². The summed E-state index contributed by atoms with van der Waals surface area (Å²) in [6.07, 6.45) is 1.49. The molecule has 1 saturated heterocycles. The fourth-order valence-corrected chi connectivity index (χ4v) is 2.18. The van der Waals surface area contributed by atoms with E-state index in [1.54, 1.807) is 18.5 Å². The molecule has 2 heterocycles. The zero-order valence-electron chi connectivity index (χ0n) is 10.4. The Hall–Kier alpha value is -1.79. The molecule has 19 heavy (non-hydrogen) atoms. The molecule has 1 unspecified atom stereocenters. The molecule has 1 aliphatic heterocycles. The minimum absolute atomic E-state index is 0.122. The highest BCUT2D eigenvalue weighted by Crippen LogP contribution is 2.18. The van der Waals surface area contributed by atoms with Gasteiger partial charge >= 0.3 is 0 Å². The van der Waals surface area contributed by atoms with Crippen molar-refractivity contribution in [3.8, 4) is 0 Å². The second-order valence-electron chi connectivity index (χ2n) is 4.47. The Kier molecular flexibility index (Phi) is 3.52. The molecular weight excluding hydrogens is 247 g/mol. The van der Waals surface area contributed by atoms with E-state index in [0.29, 0.717) is 25.3 Å². The van der Waals surface area contributed by atoms with Crippen LogP contribution in [0.15, 0.2) is 30.6 Å². The van der Waals surface area contributed by atoms with E-state index in [1.165, 1.54) is 6.07 Å². The Morgan fingerprint density at radius 2 is 2.32 bits per heavy atom. The third-order valence-electron chi connectivity index (χ3n) is 3.16. The lowest BCUT2D eigenvalue weighted by molar-refractivity contribution is 0.0199. The number of rotatable bonds is 3. The number of hydrogen-bond donors (Lipinski definition) is 1. The summed E-state index contributed by atoms with van der Waals surface area (Å²) in [5.41, 5.74) is 0.618. The Morgan fingerprint density at radius 1 is 1.42 bits per heavy atom. The number of ether oxygens (including phenoxy) is 1. The average molecular weight is 262 g/mol. The van der Waals surface area contributed by atoms with Crippen molar-refractivity contribution in [2.75, 3.05) is 19.7 Å². The van der Waals surface area contributed by atoms with E-state index in [1.807, 2.05) is 10.6 Å². The summed E-state index contributed by atoms with van der Waals surface area (Å²) in [7, 11) is 0. The summed E-state index contributed by atoms with van der Waals surface area (Å²) in [5.74, 6) is 0.514. The van der Waals surface area contributed by atoms with E-state index in [-0.39, 0.29) is 11.9 Å². The van der Waals surface area contributed by atoms with Gasteiger partial charge in [0.1, 0.15) is 18.2 Å². The average Bonchev–Trinajstić information content (AvgIpc) is 2.91. The first-order valence-corrected chi connectivity index (χ1v) is 6.28. The number of halogens is 1. The quantitative estimate of drug-likeness (QED) is 0.901. The summed E-state index contributed by atoms with van der Waals surface area (Å²) in [5, 5.41) is 11.2. The van der Waals surface area contributed by atoms with Crippen LogP contribution in [-0.2, 0) is 11.3 Å². The Bertz CT molecular complexity index is 551. The van der Waals surface area contributed by atoms with Crippen molar-refractivity contribution >= 4 is 0 Å². The third-order valence-corrected chi connectivity index (χ3v) is 3.16. The Labute approximate surface area is 110 Å². The second kappa shape index (κ2) is 5.46. The molecule has 100 valence electrons. The van der Waals surface area contributed by atoms with E-state index in [2.05, 4.69) is 15.5 Å². The molecule has 1 aromatic carbocycles. The maximum atomic E-state index is 13.7. The monoisotopic (exact) mass is 262 g/mol. The number of nitrogens with zero attached hydrogens (tertiary/aromatic N) is 3. The first-order valence-electron chi connectivity index (χ1n) is 6.28. The molecule has 1 aliphatic rings. The van der Waals surface area contributed by atoms with Crippen LogP contribution in [-0.4, -0.2) is 34.5 Å². The highest BCUT2D eigenvalue weighted by molar-refractivity contribution is 5.18. The molecule has 1 aromatic heterocycles. The van der Waals surface area contributed by atoms with E-state index < -0.39 is 0 Å². The molecule has 1 N–H and O–H groups in total. The fraction of sp³-hybridized carbons (Fsp3) is 0.385. The summed E-state index contributed by atoms with van der Waals surface area (Å²) >= 11 is 0. The van der Waals surface area contributed by atoms with Gasteiger partial charge in [0.05, 0.1) is 13.2 Å². The number of aromatic nitrogens is 3. The lowest BCUT2D eigenvalue weighted by atomic mass is 10.2. The van der Waals surface area contributed by atoms with Crippen LogP contribution in [0.1, 0.15) is 17.5 Å². The summed E-state index contributed by atoms with van der Waals surface area (Å²) in [4.78, 5) is 0. The van der Waals surface area contributed by atoms with Crippen LogP contribution in [0.5, 0.6) is 0 Å². The molecule has 0 amide bonds. The van der Waals surface area contributed by atoms with E-state index in [9.17, 15) is 4.39 Å². The van der Waals surface area contributed by atoms with Gasteiger partial charge < -0.3 is 14.6 Å². The summed E-state index contributed by atoms with van der Waals surface area (Å²) in [6, 6.07) is 6.72. The number of hydrogen-bond acceptors (Lipinski definition) is 4. The van der Waals surface area contributed by atoms with Crippen molar-refractivity contribution in [3.05, 3.63) is 47.8 Å². The largest absolute Gasteiger partial charge is 0.368 e. The summed E-state index contributed by atoms with van der Waals surface area (Å²) in [6.45, 7) is 2.61. The van der Waals surface area contributed by atoms with Crippen LogP contribution < -0.4 is 5.32 Å². The lowest BCUT2D eigenvalue weighted by Gasteiger charge is -2.23. The van der Waals surface area contributed by atoms with Gasteiger partial charge in [0, 0.05) is 18.7 Å². The fourth-order valence-electron chi connectivity index (χ4n) is 2.18.